The maximum atomic E-state index is 11.6. The highest BCUT2D eigenvalue weighted by atomic mass is 16.2. The lowest BCUT2D eigenvalue weighted by Gasteiger charge is -2.14. The van der Waals surface area contributed by atoms with Crippen molar-refractivity contribution in [3.63, 3.8) is 0 Å². The highest BCUT2D eigenvalue weighted by molar-refractivity contribution is 5.68. The normalized spacial score (nSPS) is 23.8. The van der Waals surface area contributed by atoms with Gasteiger partial charge in [0, 0.05) is 5.92 Å². The maximum absolute atomic E-state index is 11.6. The molecule has 0 saturated heterocycles. The van der Waals surface area contributed by atoms with Crippen LogP contribution in [0.4, 0.5) is 0 Å². The molecule has 7 heteroatoms. The first-order valence-corrected chi connectivity index (χ1v) is 6.11. The molecule has 3 rings (SSSR count). The molecule has 2 aromatic heterocycles. The molecule has 96 valence electrons. The summed E-state index contributed by atoms with van der Waals surface area (Å²) in [6.45, 7) is 0.620. The molecule has 2 atom stereocenters. The Kier molecular flexibility index (Phi) is 2.55. The van der Waals surface area contributed by atoms with Gasteiger partial charge in [-0.05, 0) is 25.3 Å². The van der Waals surface area contributed by atoms with Crippen LogP contribution in [0.15, 0.2) is 9.59 Å². The summed E-state index contributed by atoms with van der Waals surface area (Å²) in [6, 6.07) is 0. The van der Waals surface area contributed by atoms with Crippen molar-refractivity contribution in [1.82, 2.24) is 19.9 Å². The predicted molar refractivity (Wildman–Crippen MR) is 66.5 cm³/mol. The second-order valence-electron chi connectivity index (χ2n) is 4.79. The predicted octanol–water partition coefficient (Wildman–Crippen LogP) is -0.218. The molecule has 0 amide bonds. The summed E-state index contributed by atoms with van der Waals surface area (Å²) in [5.74, 6) is 1.41. The molecular formula is C11H15N5O2. The first-order chi connectivity index (χ1) is 8.69. The van der Waals surface area contributed by atoms with Gasteiger partial charge in [-0.1, -0.05) is 6.42 Å². The number of rotatable bonds is 2. The van der Waals surface area contributed by atoms with Gasteiger partial charge in [0.25, 0.3) is 5.56 Å². The van der Waals surface area contributed by atoms with E-state index in [2.05, 4.69) is 19.9 Å². The van der Waals surface area contributed by atoms with Gasteiger partial charge in [-0.3, -0.25) is 14.8 Å². The second kappa shape index (κ2) is 4.09. The van der Waals surface area contributed by atoms with Gasteiger partial charge in [0.05, 0.1) is 0 Å². The fraction of sp³-hybridized carbons (Fsp3) is 0.545. The average Bonchev–Trinajstić information content (AvgIpc) is 2.92. The number of fused-ring (bicyclic) bond motifs is 1. The minimum Gasteiger partial charge on any atom is -0.336 e. The van der Waals surface area contributed by atoms with Crippen LogP contribution >= 0.6 is 0 Å². The molecule has 5 N–H and O–H groups in total. The van der Waals surface area contributed by atoms with Crippen LogP contribution in [-0.2, 0) is 0 Å². The lowest BCUT2D eigenvalue weighted by molar-refractivity contribution is 0.481. The van der Waals surface area contributed by atoms with Crippen molar-refractivity contribution in [2.45, 2.75) is 25.2 Å². The van der Waals surface area contributed by atoms with Gasteiger partial charge in [0.1, 0.15) is 11.3 Å². The van der Waals surface area contributed by atoms with Crippen LogP contribution < -0.4 is 17.0 Å². The van der Waals surface area contributed by atoms with Crippen molar-refractivity contribution in [2.75, 3.05) is 6.54 Å². The van der Waals surface area contributed by atoms with E-state index in [9.17, 15) is 9.59 Å². The van der Waals surface area contributed by atoms with Gasteiger partial charge >= 0.3 is 5.69 Å². The minimum atomic E-state index is -0.535. The summed E-state index contributed by atoms with van der Waals surface area (Å²) in [5, 5.41) is 0. The van der Waals surface area contributed by atoms with Gasteiger partial charge in [-0.25, -0.2) is 9.78 Å². The number of nitrogens with two attached hydrogens (primary N) is 1. The van der Waals surface area contributed by atoms with E-state index in [0.717, 1.165) is 25.1 Å². The summed E-state index contributed by atoms with van der Waals surface area (Å²) < 4.78 is 0. The largest absolute Gasteiger partial charge is 0.336 e. The van der Waals surface area contributed by atoms with E-state index in [1.807, 2.05) is 0 Å². The van der Waals surface area contributed by atoms with E-state index >= 15 is 0 Å². The molecule has 1 aliphatic carbocycles. The number of hydrogen-bond acceptors (Lipinski definition) is 4. The third-order valence-corrected chi connectivity index (χ3v) is 3.72. The molecule has 2 heterocycles. The smallest absolute Gasteiger partial charge is 0.327 e. The van der Waals surface area contributed by atoms with Crippen molar-refractivity contribution in [3.05, 3.63) is 26.7 Å². The standard InChI is InChI=1S/C11H15N5O2/c12-4-5-2-1-3-6(5)8-13-7-9(14-8)15-11(18)16-10(7)17/h5-6H,1-4,12H2,(H3,13,14,15,16,17,18). The molecule has 0 aromatic carbocycles. The number of aromatic amines is 3. The van der Waals surface area contributed by atoms with Crippen molar-refractivity contribution in [2.24, 2.45) is 11.7 Å². The topological polar surface area (TPSA) is 120 Å². The van der Waals surface area contributed by atoms with Crippen LogP contribution in [0.25, 0.3) is 11.2 Å². The Hall–Kier alpha value is -1.89. The average molecular weight is 249 g/mol. The van der Waals surface area contributed by atoms with Crippen LogP contribution in [0, 0.1) is 5.92 Å². The molecule has 18 heavy (non-hydrogen) atoms. The van der Waals surface area contributed by atoms with E-state index in [1.54, 1.807) is 0 Å². The zero-order chi connectivity index (χ0) is 12.7. The quantitative estimate of drug-likeness (QED) is 0.588. The maximum Gasteiger partial charge on any atom is 0.327 e. The zero-order valence-electron chi connectivity index (χ0n) is 9.82. The van der Waals surface area contributed by atoms with Crippen molar-refractivity contribution in [3.8, 4) is 0 Å². The van der Waals surface area contributed by atoms with E-state index < -0.39 is 11.2 Å². The highest BCUT2D eigenvalue weighted by Crippen LogP contribution is 2.37. The Morgan fingerprint density at radius 3 is 2.83 bits per heavy atom. The Balaban J connectivity index is 2.11. The van der Waals surface area contributed by atoms with Crippen LogP contribution in [0.5, 0.6) is 0 Å². The molecule has 0 spiro atoms. The molecule has 1 saturated carbocycles. The SMILES string of the molecule is NCC1CCCC1c1nc2[nH]c(=O)[nH]c(=O)c2[nH]1. The van der Waals surface area contributed by atoms with Crippen LogP contribution in [0.1, 0.15) is 31.0 Å². The Morgan fingerprint density at radius 2 is 2.06 bits per heavy atom. The third kappa shape index (κ3) is 1.67. The summed E-state index contributed by atoms with van der Waals surface area (Å²) in [7, 11) is 0. The number of hydrogen-bond donors (Lipinski definition) is 4. The molecule has 1 aliphatic rings. The summed E-state index contributed by atoms with van der Waals surface area (Å²) in [4.78, 5) is 34.8. The van der Waals surface area contributed by atoms with Crippen molar-refractivity contribution < 1.29 is 0 Å². The molecule has 0 aliphatic heterocycles. The van der Waals surface area contributed by atoms with E-state index in [1.165, 1.54) is 0 Å². The fourth-order valence-electron chi connectivity index (χ4n) is 2.81. The van der Waals surface area contributed by atoms with E-state index in [0.29, 0.717) is 23.6 Å². The lowest BCUT2D eigenvalue weighted by Crippen LogP contribution is -2.21. The van der Waals surface area contributed by atoms with Crippen LogP contribution in [-0.4, -0.2) is 26.5 Å². The Morgan fingerprint density at radius 1 is 1.22 bits per heavy atom. The van der Waals surface area contributed by atoms with E-state index in [4.69, 9.17) is 5.73 Å². The Bertz CT molecular complexity index is 683. The number of nitrogens with zero attached hydrogens (tertiary/aromatic N) is 1. The van der Waals surface area contributed by atoms with Crippen LogP contribution in [0.3, 0.4) is 0 Å². The molecule has 7 nitrogen and oxygen atoms in total. The molecule has 1 fully saturated rings. The minimum absolute atomic E-state index is 0.255. The number of aromatic nitrogens is 4. The van der Waals surface area contributed by atoms with Gasteiger partial charge in [-0.2, -0.15) is 0 Å². The molecule has 0 bridgehead atoms. The zero-order valence-corrected chi connectivity index (χ0v) is 9.82. The van der Waals surface area contributed by atoms with Crippen LogP contribution in [0.2, 0.25) is 0 Å². The number of imidazole rings is 1. The molecule has 2 aromatic rings. The fourth-order valence-corrected chi connectivity index (χ4v) is 2.81. The monoisotopic (exact) mass is 249 g/mol. The first kappa shape index (κ1) is 11.2. The van der Waals surface area contributed by atoms with E-state index in [-0.39, 0.29) is 5.92 Å². The van der Waals surface area contributed by atoms with Crippen molar-refractivity contribution in [1.29, 1.82) is 0 Å². The summed E-state index contributed by atoms with van der Waals surface area (Å²) >= 11 is 0. The van der Waals surface area contributed by atoms with Gasteiger partial charge in [-0.15, -0.1) is 0 Å². The molecule has 0 radical (unpaired) electrons. The Labute approximate surface area is 102 Å². The summed E-state index contributed by atoms with van der Waals surface area (Å²) in [6.07, 6.45) is 3.23. The molecular weight excluding hydrogens is 234 g/mol. The van der Waals surface area contributed by atoms with Gasteiger partial charge < -0.3 is 10.7 Å². The van der Waals surface area contributed by atoms with Gasteiger partial charge in [0.2, 0.25) is 0 Å². The lowest BCUT2D eigenvalue weighted by atomic mass is 9.96. The third-order valence-electron chi connectivity index (χ3n) is 3.72. The second-order valence-corrected chi connectivity index (χ2v) is 4.79. The van der Waals surface area contributed by atoms with Gasteiger partial charge in [0.15, 0.2) is 5.65 Å². The first-order valence-electron chi connectivity index (χ1n) is 6.11. The summed E-state index contributed by atoms with van der Waals surface area (Å²) in [5.41, 5.74) is 5.42. The highest BCUT2D eigenvalue weighted by Gasteiger charge is 2.30. The number of H-pyrrole nitrogens is 3. The van der Waals surface area contributed by atoms with Crippen molar-refractivity contribution >= 4 is 11.2 Å². The number of nitrogens with one attached hydrogen (secondary N) is 3. The molecule has 2 unspecified atom stereocenters.